The Morgan fingerprint density at radius 2 is 1.96 bits per heavy atom. The topological polar surface area (TPSA) is 32.3 Å². The second kappa shape index (κ2) is 7.06. The van der Waals surface area contributed by atoms with Gasteiger partial charge in [0.15, 0.2) is 0 Å². The Labute approximate surface area is 151 Å². The van der Waals surface area contributed by atoms with E-state index in [1.165, 1.54) is 44.2 Å². The second-order valence-electron chi connectivity index (χ2n) is 8.87. The number of benzene rings is 1. The van der Waals surface area contributed by atoms with E-state index in [0.717, 1.165) is 24.7 Å². The highest BCUT2D eigenvalue weighted by atomic mass is 19.1. The van der Waals surface area contributed by atoms with Gasteiger partial charge in [0.2, 0.25) is 5.91 Å². The second-order valence-corrected chi connectivity index (χ2v) is 8.87. The van der Waals surface area contributed by atoms with Gasteiger partial charge in [-0.15, -0.1) is 0 Å². The molecule has 138 valence electrons. The highest BCUT2D eigenvalue weighted by molar-refractivity contribution is 5.78. The average molecular weight is 346 g/mol. The molecule has 0 bridgehead atoms. The smallest absolute Gasteiger partial charge is 0.221 e. The van der Waals surface area contributed by atoms with E-state index in [9.17, 15) is 9.18 Å². The van der Waals surface area contributed by atoms with Crippen LogP contribution in [0.25, 0.3) is 0 Å². The van der Waals surface area contributed by atoms with Crippen molar-refractivity contribution < 1.29 is 9.18 Å². The van der Waals surface area contributed by atoms with Crippen LogP contribution in [0.5, 0.6) is 0 Å². The molecule has 1 N–H and O–H groups in total. The predicted molar refractivity (Wildman–Crippen MR) is 98.7 cm³/mol. The minimum Gasteiger partial charge on any atom is -0.347 e. The summed E-state index contributed by atoms with van der Waals surface area (Å²) in [6.07, 6.45) is 7.23. The molecule has 1 aromatic rings. The number of amides is 1. The number of carbonyl (C=O) groups is 1. The van der Waals surface area contributed by atoms with Crippen LogP contribution in [0, 0.1) is 11.2 Å². The molecular formula is C21H31FN2O. The maximum atomic E-state index is 13.5. The number of nitrogens with zero attached hydrogens (tertiary/aromatic N) is 1. The summed E-state index contributed by atoms with van der Waals surface area (Å²) in [6.45, 7) is 8.10. The van der Waals surface area contributed by atoms with Gasteiger partial charge >= 0.3 is 0 Å². The Morgan fingerprint density at radius 3 is 2.60 bits per heavy atom. The van der Waals surface area contributed by atoms with Gasteiger partial charge in [-0.05, 0) is 44.4 Å². The first-order valence-electron chi connectivity index (χ1n) is 9.59. The largest absolute Gasteiger partial charge is 0.347 e. The zero-order valence-electron chi connectivity index (χ0n) is 15.8. The maximum absolute atomic E-state index is 13.5. The normalized spacial score (nSPS) is 21.6. The molecule has 1 saturated heterocycles. The van der Waals surface area contributed by atoms with Crippen LogP contribution in [0.4, 0.5) is 4.39 Å². The highest BCUT2D eigenvalue weighted by Crippen LogP contribution is 2.38. The van der Waals surface area contributed by atoms with Crippen molar-refractivity contribution in [3.63, 3.8) is 0 Å². The van der Waals surface area contributed by atoms with E-state index >= 15 is 0 Å². The third kappa shape index (κ3) is 4.41. The predicted octanol–water partition coefficient (Wildman–Crippen LogP) is 4.22. The molecule has 3 rings (SSSR count). The van der Waals surface area contributed by atoms with Crippen molar-refractivity contribution in [2.75, 3.05) is 13.1 Å². The molecule has 0 atom stereocenters. The van der Waals surface area contributed by atoms with Crippen LogP contribution in [0.15, 0.2) is 24.3 Å². The van der Waals surface area contributed by atoms with Crippen molar-refractivity contribution in [2.45, 2.75) is 70.9 Å². The minimum absolute atomic E-state index is 0.0556. The summed E-state index contributed by atoms with van der Waals surface area (Å²) in [5, 5.41) is 3.09. The summed E-state index contributed by atoms with van der Waals surface area (Å²) in [7, 11) is 0. The van der Waals surface area contributed by atoms with Crippen molar-refractivity contribution in [2.24, 2.45) is 5.41 Å². The number of hydrogen-bond donors (Lipinski definition) is 1. The monoisotopic (exact) mass is 346 g/mol. The molecule has 0 aromatic heterocycles. The quantitative estimate of drug-likeness (QED) is 0.866. The lowest BCUT2D eigenvalue weighted by Gasteiger charge is -2.52. The zero-order chi connectivity index (χ0) is 18.1. The lowest BCUT2D eigenvalue weighted by Crippen LogP contribution is -2.60. The van der Waals surface area contributed by atoms with Crippen LogP contribution in [0.2, 0.25) is 0 Å². The fourth-order valence-electron chi connectivity index (χ4n) is 4.48. The summed E-state index contributed by atoms with van der Waals surface area (Å²) in [6, 6.07) is 7.20. The van der Waals surface area contributed by atoms with E-state index in [1.807, 2.05) is 19.9 Å². The molecule has 1 aliphatic carbocycles. The van der Waals surface area contributed by atoms with Crippen LogP contribution < -0.4 is 5.32 Å². The molecule has 25 heavy (non-hydrogen) atoms. The number of likely N-dealkylation sites (tertiary alicyclic amines) is 1. The Balaban J connectivity index is 1.52. The van der Waals surface area contributed by atoms with Gasteiger partial charge in [0.05, 0.1) is 5.54 Å². The fourth-order valence-corrected chi connectivity index (χ4v) is 4.48. The molecule has 4 heteroatoms. The summed E-state index contributed by atoms with van der Waals surface area (Å²) < 4.78 is 13.5. The lowest BCUT2D eigenvalue weighted by molar-refractivity contribution is -0.129. The first-order chi connectivity index (χ1) is 11.8. The van der Waals surface area contributed by atoms with E-state index in [2.05, 4.69) is 17.1 Å². The van der Waals surface area contributed by atoms with E-state index < -0.39 is 5.54 Å². The SMILES string of the molecule is CC1(CC(=O)NC(C)(C)c2cccc(F)c2)CN(C2CCCCC2)C1. The summed E-state index contributed by atoms with van der Waals surface area (Å²) in [5.41, 5.74) is 0.297. The molecule has 0 radical (unpaired) electrons. The van der Waals surface area contributed by atoms with Gasteiger partial charge in [-0.25, -0.2) is 4.39 Å². The van der Waals surface area contributed by atoms with Gasteiger partial charge in [-0.2, -0.15) is 0 Å². The Morgan fingerprint density at radius 1 is 1.28 bits per heavy atom. The molecule has 0 spiro atoms. The van der Waals surface area contributed by atoms with Gasteiger partial charge in [0.25, 0.3) is 0 Å². The molecule has 0 unspecified atom stereocenters. The van der Waals surface area contributed by atoms with Crippen LogP contribution in [0.1, 0.15) is 64.9 Å². The number of carbonyl (C=O) groups excluding carboxylic acids is 1. The molecule has 1 aliphatic heterocycles. The van der Waals surface area contributed by atoms with Crippen molar-refractivity contribution in [3.8, 4) is 0 Å². The van der Waals surface area contributed by atoms with Gasteiger partial charge in [0, 0.05) is 31.0 Å². The van der Waals surface area contributed by atoms with E-state index in [0.29, 0.717) is 6.42 Å². The first kappa shape index (κ1) is 18.4. The average Bonchev–Trinajstić information content (AvgIpc) is 2.52. The van der Waals surface area contributed by atoms with Gasteiger partial charge in [-0.3, -0.25) is 9.69 Å². The molecule has 1 aromatic carbocycles. The zero-order valence-corrected chi connectivity index (χ0v) is 15.8. The number of nitrogens with one attached hydrogen (secondary N) is 1. The lowest BCUT2D eigenvalue weighted by atomic mass is 9.76. The minimum atomic E-state index is -0.567. The van der Waals surface area contributed by atoms with Crippen molar-refractivity contribution in [1.29, 1.82) is 0 Å². The number of halogens is 1. The molecule has 2 fully saturated rings. The molecule has 1 saturated carbocycles. The van der Waals surface area contributed by atoms with E-state index in [-0.39, 0.29) is 17.1 Å². The van der Waals surface area contributed by atoms with E-state index in [1.54, 1.807) is 6.07 Å². The molecular weight excluding hydrogens is 315 g/mol. The third-order valence-corrected chi connectivity index (χ3v) is 5.85. The Bertz CT molecular complexity index is 616. The summed E-state index contributed by atoms with van der Waals surface area (Å²) >= 11 is 0. The van der Waals surface area contributed by atoms with Crippen LogP contribution in [-0.4, -0.2) is 29.9 Å². The highest BCUT2D eigenvalue weighted by Gasteiger charge is 2.43. The van der Waals surface area contributed by atoms with E-state index in [4.69, 9.17) is 0 Å². The molecule has 1 amide bonds. The molecule has 3 nitrogen and oxygen atoms in total. The fraction of sp³-hybridized carbons (Fsp3) is 0.667. The van der Waals surface area contributed by atoms with Gasteiger partial charge < -0.3 is 5.32 Å². The third-order valence-electron chi connectivity index (χ3n) is 5.85. The standard InChI is InChI=1S/C21H31FN2O/c1-20(2,16-8-7-9-17(22)12-16)23-19(25)13-21(3)14-24(15-21)18-10-5-4-6-11-18/h7-9,12,18H,4-6,10-11,13-15H2,1-3H3,(H,23,25). The molecule has 2 aliphatic rings. The summed E-state index contributed by atoms with van der Waals surface area (Å²) in [5.74, 6) is -0.214. The van der Waals surface area contributed by atoms with Crippen LogP contribution in [-0.2, 0) is 10.3 Å². The van der Waals surface area contributed by atoms with Gasteiger partial charge in [-0.1, -0.05) is 38.3 Å². The Hall–Kier alpha value is -1.42. The van der Waals surface area contributed by atoms with Crippen molar-refractivity contribution in [3.05, 3.63) is 35.6 Å². The summed E-state index contributed by atoms with van der Waals surface area (Å²) in [4.78, 5) is 15.1. The Kier molecular flexibility index (Phi) is 5.19. The van der Waals surface area contributed by atoms with Crippen LogP contribution in [0.3, 0.4) is 0 Å². The first-order valence-corrected chi connectivity index (χ1v) is 9.59. The van der Waals surface area contributed by atoms with Gasteiger partial charge in [0.1, 0.15) is 5.82 Å². The maximum Gasteiger partial charge on any atom is 0.221 e. The van der Waals surface area contributed by atoms with Crippen molar-refractivity contribution in [1.82, 2.24) is 10.2 Å². The van der Waals surface area contributed by atoms with Crippen LogP contribution >= 0.6 is 0 Å². The number of hydrogen-bond acceptors (Lipinski definition) is 2. The van der Waals surface area contributed by atoms with Crippen molar-refractivity contribution >= 4 is 5.91 Å². The number of rotatable bonds is 5. The molecule has 1 heterocycles.